The number of para-hydroxylation sites is 1. The minimum Gasteiger partial charge on any atom is -0.353 e. The molecule has 2 aromatic carbocycles. The first-order valence-electron chi connectivity index (χ1n) is 12.5. The Morgan fingerprint density at radius 3 is 2.74 bits per heavy atom. The summed E-state index contributed by atoms with van der Waals surface area (Å²) in [4.78, 5) is 19.2. The first-order valence-corrected chi connectivity index (χ1v) is 12.5. The van der Waals surface area contributed by atoms with Gasteiger partial charge in [0, 0.05) is 25.0 Å². The normalized spacial score (nSPS) is 21.7. The van der Waals surface area contributed by atoms with E-state index in [2.05, 4.69) is 30.0 Å². The third-order valence-corrected chi connectivity index (χ3v) is 6.83. The maximum absolute atomic E-state index is 13.5. The van der Waals surface area contributed by atoms with Crippen molar-refractivity contribution < 1.29 is 19.1 Å². The third kappa shape index (κ3) is 4.72. The van der Waals surface area contributed by atoms with Gasteiger partial charge < -0.3 is 9.47 Å². The van der Waals surface area contributed by atoms with Crippen molar-refractivity contribution in [2.45, 2.75) is 56.8 Å². The number of carbonyl (C=O) groups is 1. The van der Waals surface area contributed by atoms with Gasteiger partial charge in [0.15, 0.2) is 11.8 Å². The Hall–Kier alpha value is -3.11. The smallest absolute Gasteiger partial charge is 0.353 e. The van der Waals surface area contributed by atoms with Gasteiger partial charge in [0.25, 0.3) is 0 Å². The molecule has 1 aromatic heterocycles. The predicted octanol–water partition coefficient (Wildman–Crippen LogP) is 5.64. The highest BCUT2D eigenvalue weighted by Gasteiger charge is 2.51. The summed E-state index contributed by atoms with van der Waals surface area (Å²) < 4.78 is 13.4. The number of ether oxygens (including phenoxy) is 2. The Labute approximate surface area is 206 Å². The van der Waals surface area contributed by atoms with Crippen LogP contribution in [0.5, 0.6) is 0 Å². The van der Waals surface area contributed by atoms with Gasteiger partial charge in [0.05, 0.1) is 18.3 Å². The van der Waals surface area contributed by atoms with Gasteiger partial charge in [-0.25, -0.2) is 4.79 Å². The summed E-state index contributed by atoms with van der Waals surface area (Å²) in [6, 6.07) is 20.1. The van der Waals surface area contributed by atoms with E-state index in [9.17, 15) is 4.79 Å². The van der Waals surface area contributed by atoms with Crippen molar-refractivity contribution in [3.8, 4) is 11.8 Å². The number of nitrogens with zero attached hydrogens (tertiary/aromatic N) is 2. The molecule has 0 N–H and O–H groups in total. The van der Waals surface area contributed by atoms with E-state index in [-0.39, 0.29) is 12.3 Å². The van der Waals surface area contributed by atoms with Gasteiger partial charge in [-0.05, 0) is 56.2 Å². The van der Waals surface area contributed by atoms with Crippen LogP contribution in [0.15, 0.2) is 60.7 Å². The molecule has 2 unspecified atom stereocenters. The molecule has 0 saturated carbocycles. The molecule has 2 aliphatic rings. The number of hydrogen-bond acceptors (Lipinski definition) is 4. The molecular formula is C29H32N2O4. The Balaban J connectivity index is 1.42. The first kappa shape index (κ1) is 23.6. The molecule has 0 bridgehead atoms. The number of fused-ring (bicyclic) bond motifs is 3. The Kier molecular flexibility index (Phi) is 7.19. The second-order valence-corrected chi connectivity index (χ2v) is 9.10. The second kappa shape index (κ2) is 10.7. The van der Waals surface area contributed by atoms with Crippen LogP contribution in [0, 0.1) is 11.8 Å². The minimum absolute atomic E-state index is 0.133. The molecule has 6 nitrogen and oxygen atoms in total. The number of hydrogen-bond donors (Lipinski definition) is 0. The van der Waals surface area contributed by atoms with Crippen LogP contribution in [0.3, 0.4) is 0 Å². The summed E-state index contributed by atoms with van der Waals surface area (Å²) in [6.45, 7) is 1.30. The van der Waals surface area contributed by atoms with Crippen molar-refractivity contribution >= 4 is 16.9 Å². The standard InChI is InChI=1S/C29H32N2O4/c1-33-31-28(32)30-25-16-6-5-15-24(25)22-26(30)29(31,18-9-7-14-23-12-3-2-4-13-23)19-11-21-35-27-17-8-10-20-34-27/h2-6,12-13,15-16,22,27H,7-8,10-11,14,17,19-21H2,1H3. The lowest BCUT2D eigenvalue weighted by molar-refractivity contribution is -0.166. The fourth-order valence-corrected chi connectivity index (χ4v) is 5.11. The Bertz CT molecular complexity index is 1220. The second-order valence-electron chi connectivity index (χ2n) is 9.10. The Morgan fingerprint density at radius 1 is 1.11 bits per heavy atom. The summed E-state index contributed by atoms with van der Waals surface area (Å²) in [6.07, 6.45) is 5.91. The summed E-state index contributed by atoms with van der Waals surface area (Å²) in [5, 5.41) is 2.47. The van der Waals surface area contributed by atoms with E-state index in [0.717, 1.165) is 55.3 Å². The number of rotatable bonds is 8. The molecule has 6 heteroatoms. The van der Waals surface area contributed by atoms with Crippen LogP contribution in [0.4, 0.5) is 4.79 Å². The molecular weight excluding hydrogens is 440 g/mol. The zero-order valence-corrected chi connectivity index (χ0v) is 20.2. The molecule has 2 atom stereocenters. The number of aromatic nitrogens is 1. The van der Waals surface area contributed by atoms with E-state index in [1.54, 1.807) is 11.7 Å². The average molecular weight is 473 g/mol. The van der Waals surface area contributed by atoms with Gasteiger partial charge in [-0.15, -0.1) is 0 Å². The van der Waals surface area contributed by atoms with Crippen LogP contribution >= 0.6 is 0 Å². The first-order chi connectivity index (χ1) is 17.2. The molecule has 3 heterocycles. The molecule has 1 fully saturated rings. The number of aryl methyl sites for hydroxylation is 1. The highest BCUT2D eigenvalue weighted by atomic mass is 16.7. The summed E-state index contributed by atoms with van der Waals surface area (Å²) >= 11 is 0. The lowest BCUT2D eigenvalue weighted by Gasteiger charge is -2.31. The van der Waals surface area contributed by atoms with Crippen LogP contribution in [0.25, 0.3) is 10.9 Å². The number of benzene rings is 2. The average Bonchev–Trinajstić information content (AvgIpc) is 3.39. The minimum atomic E-state index is -0.877. The molecule has 35 heavy (non-hydrogen) atoms. The maximum atomic E-state index is 13.5. The lowest BCUT2D eigenvalue weighted by atomic mass is 9.90. The lowest BCUT2D eigenvalue weighted by Crippen LogP contribution is -2.42. The molecule has 2 aliphatic heterocycles. The molecule has 182 valence electrons. The summed E-state index contributed by atoms with van der Waals surface area (Å²) in [5.41, 5.74) is 2.09. The van der Waals surface area contributed by atoms with Crippen LogP contribution in [-0.2, 0) is 26.3 Å². The summed E-state index contributed by atoms with van der Waals surface area (Å²) in [7, 11) is 1.54. The quantitative estimate of drug-likeness (QED) is 0.314. The van der Waals surface area contributed by atoms with E-state index in [1.165, 1.54) is 10.6 Å². The van der Waals surface area contributed by atoms with Gasteiger partial charge >= 0.3 is 6.03 Å². The third-order valence-electron chi connectivity index (χ3n) is 6.83. The van der Waals surface area contributed by atoms with E-state index in [1.807, 2.05) is 42.5 Å². The van der Waals surface area contributed by atoms with Crippen LogP contribution in [0.2, 0.25) is 0 Å². The topological polar surface area (TPSA) is 52.9 Å². The van der Waals surface area contributed by atoms with Crippen LogP contribution in [-0.4, -0.2) is 42.3 Å². The van der Waals surface area contributed by atoms with Gasteiger partial charge in [0.1, 0.15) is 0 Å². The monoisotopic (exact) mass is 472 g/mol. The van der Waals surface area contributed by atoms with Crippen molar-refractivity contribution in [1.29, 1.82) is 0 Å². The maximum Gasteiger partial charge on any atom is 0.354 e. The zero-order chi connectivity index (χ0) is 24.1. The number of carbonyl (C=O) groups excluding carboxylic acids is 1. The molecule has 5 rings (SSSR count). The van der Waals surface area contributed by atoms with Crippen molar-refractivity contribution in [1.82, 2.24) is 9.63 Å². The van der Waals surface area contributed by atoms with Crippen molar-refractivity contribution in [3.63, 3.8) is 0 Å². The molecule has 1 saturated heterocycles. The van der Waals surface area contributed by atoms with Gasteiger partial charge in [0.2, 0.25) is 0 Å². The highest BCUT2D eigenvalue weighted by Crippen LogP contribution is 2.42. The molecule has 0 spiro atoms. The van der Waals surface area contributed by atoms with E-state index < -0.39 is 5.54 Å². The van der Waals surface area contributed by atoms with Crippen LogP contribution in [0.1, 0.15) is 49.8 Å². The van der Waals surface area contributed by atoms with Crippen LogP contribution < -0.4 is 0 Å². The Morgan fingerprint density at radius 2 is 1.94 bits per heavy atom. The van der Waals surface area contributed by atoms with Crippen molar-refractivity contribution in [3.05, 3.63) is 71.9 Å². The van der Waals surface area contributed by atoms with Crippen molar-refractivity contribution in [2.24, 2.45) is 0 Å². The molecule has 0 aliphatic carbocycles. The van der Waals surface area contributed by atoms with E-state index in [4.69, 9.17) is 14.3 Å². The van der Waals surface area contributed by atoms with Gasteiger partial charge in [-0.1, -0.05) is 60.4 Å². The molecule has 3 aromatic rings. The fourth-order valence-electron chi connectivity index (χ4n) is 5.11. The zero-order valence-electron chi connectivity index (χ0n) is 20.2. The van der Waals surface area contributed by atoms with Crippen molar-refractivity contribution in [2.75, 3.05) is 20.3 Å². The van der Waals surface area contributed by atoms with Gasteiger partial charge in [-0.3, -0.25) is 9.40 Å². The highest BCUT2D eigenvalue weighted by molar-refractivity contribution is 5.96. The van der Waals surface area contributed by atoms with Gasteiger partial charge in [-0.2, -0.15) is 5.06 Å². The predicted molar refractivity (Wildman–Crippen MR) is 135 cm³/mol. The SMILES string of the molecule is CON1C(=O)n2c(cc3ccccc32)C1(C#CCCc1ccccc1)CCCOC1CCCCO1. The molecule has 1 amide bonds. The van der Waals surface area contributed by atoms with E-state index in [0.29, 0.717) is 19.4 Å². The van der Waals surface area contributed by atoms with E-state index >= 15 is 0 Å². The number of hydroxylamine groups is 2. The number of amides is 1. The molecule has 0 radical (unpaired) electrons. The fraction of sp³-hybridized carbons (Fsp3) is 0.414. The summed E-state index contributed by atoms with van der Waals surface area (Å²) in [5.74, 6) is 6.85. The largest absolute Gasteiger partial charge is 0.354 e.